The number of carboxylic acids is 1. The molecule has 2 unspecified atom stereocenters. The predicted molar refractivity (Wildman–Crippen MR) is 306 cm³/mol. The number of unbranched alkanes of at least 4 members (excludes halogenated alkanes) is 22. The van der Waals surface area contributed by atoms with Gasteiger partial charge in [0.1, 0.15) is 13.2 Å². The fraction of sp³-hybridized carbons (Fsp3) is 0.703. The van der Waals surface area contributed by atoms with Gasteiger partial charge in [-0.05, 0) is 96.3 Å². The topological polar surface area (TPSA) is 111 Å². The molecule has 0 radical (unpaired) electrons. The summed E-state index contributed by atoms with van der Waals surface area (Å²) in [6.45, 7) is 4.62. The molecule has 0 aromatic rings. The van der Waals surface area contributed by atoms with Crippen molar-refractivity contribution >= 4 is 17.9 Å². The molecule has 73 heavy (non-hydrogen) atoms. The Morgan fingerprint density at radius 3 is 1.18 bits per heavy atom. The van der Waals surface area contributed by atoms with Gasteiger partial charge in [0.05, 0.1) is 40.3 Å². The highest BCUT2D eigenvalue weighted by molar-refractivity contribution is 5.70. The number of hydrogen-bond donors (Lipinski definition) is 0. The Labute approximate surface area is 448 Å². The smallest absolute Gasteiger partial charge is 0.306 e. The highest BCUT2D eigenvalue weighted by atomic mass is 16.7. The maximum atomic E-state index is 12.9. The zero-order valence-corrected chi connectivity index (χ0v) is 47.5. The van der Waals surface area contributed by atoms with Gasteiger partial charge in [0.25, 0.3) is 0 Å². The Kier molecular flexibility index (Phi) is 51.6. The van der Waals surface area contributed by atoms with E-state index in [0.717, 1.165) is 103 Å². The minimum atomic E-state index is -1.63. The monoisotopic (exact) mass is 1020 g/mol. The minimum absolute atomic E-state index is 0.142. The number of likely N-dealkylation sites (N-methyl/N-ethyl adjacent to an activating group) is 1. The third-order valence-corrected chi connectivity index (χ3v) is 12.3. The van der Waals surface area contributed by atoms with Gasteiger partial charge in [-0.3, -0.25) is 9.59 Å². The molecule has 0 fully saturated rings. The van der Waals surface area contributed by atoms with Crippen LogP contribution in [0.15, 0.2) is 97.2 Å². The first-order chi connectivity index (χ1) is 35.6. The summed E-state index contributed by atoms with van der Waals surface area (Å²) >= 11 is 0. The average Bonchev–Trinajstić information content (AvgIpc) is 3.36. The minimum Gasteiger partial charge on any atom is -0.545 e. The molecule has 0 aromatic carbocycles. The summed E-state index contributed by atoms with van der Waals surface area (Å²) in [6, 6.07) is 0. The second kappa shape index (κ2) is 54.5. The van der Waals surface area contributed by atoms with Crippen LogP contribution in [0, 0.1) is 0 Å². The van der Waals surface area contributed by atoms with Crippen molar-refractivity contribution in [3.05, 3.63) is 97.2 Å². The molecule has 0 saturated carbocycles. The summed E-state index contributed by atoms with van der Waals surface area (Å²) in [4.78, 5) is 37.3. The molecule has 0 amide bonds. The maximum Gasteiger partial charge on any atom is 0.306 e. The van der Waals surface area contributed by atoms with Gasteiger partial charge in [0, 0.05) is 12.8 Å². The Balaban J connectivity index is 4.25. The van der Waals surface area contributed by atoms with Crippen LogP contribution in [-0.4, -0.2) is 82.3 Å². The van der Waals surface area contributed by atoms with Crippen LogP contribution in [0.5, 0.6) is 0 Å². The second-order valence-corrected chi connectivity index (χ2v) is 20.5. The number of allylic oxidation sites excluding steroid dienone is 16. The quantitative estimate of drug-likeness (QED) is 0.0195. The molecule has 418 valence electrons. The van der Waals surface area contributed by atoms with Crippen molar-refractivity contribution in [3.63, 3.8) is 0 Å². The van der Waals surface area contributed by atoms with Crippen LogP contribution in [-0.2, 0) is 33.3 Å². The van der Waals surface area contributed by atoms with E-state index in [1.807, 2.05) is 21.1 Å². The van der Waals surface area contributed by atoms with Gasteiger partial charge in [-0.1, -0.05) is 220 Å². The zero-order chi connectivity index (χ0) is 53.4. The van der Waals surface area contributed by atoms with Crippen LogP contribution in [0.2, 0.25) is 0 Å². The van der Waals surface area contributed by atoms with Crippen molar-refractivity contribution in [1.29, 1.82) is 0 Å². The Morgan fingerprint density at radius 2 is 0.781 bits per heavy atom. The Hall–Kier alpha value is -3.79. The summed E-state index contributed by atoms with van der Waals surface area (Å²) in [6.07, 6.45) is 70.2. The molecule has 9 heteroatoms. The predicted octanol–water partition coefficient (Wildman–Crippen LogP) is 16.0. The van der Waals surface area contributed by atoms with E-state index < -0.39 is 24.3 Å². The molecule has 0 aliphatic heterocycles. The van der Waals surface area contributed by atoms with E-state index in [1.165, 1.54) is 96.3 Å². The number of nitrogens with zero attached hydrogens (tertiary/aromatic N) is 1. The van der Waals surface area contributed by atoms with Crippen molar-refractivity contribution in [1.82, 2.24) is 0 Å². The molecule has 0 rings (SSSR count). The van der Waals surface area contributed by atoms with E-state index in [1.54, 1.807) is 0 Å². The van der Waals surface area contributed by atoms with E-state index in [9.17, 15) is 19.5 Å². The van der Waals surface area contributed by atoms with E-state index in [4.69, 9.17) is 18.9 Å². The SMILES string of the molecule is CC/C=C\C/C=C\C/C=C\C/C=C\C/C=C\C/C=C\C/C=C\CCCCCCCCCCCC(=O)OC(COC(=O)CCCCCCCCC/C=C\CCCCCCCC)COC(OCC[N+](C)(C)C)C(=O)[O-]. The summed E-state index contributed by atoms with van der Waals surface area (Å²) in [5.41, 5.74) is 0. The van der Waals surface area contributed by atoms with E-state index in [0.29, 0.717) is 17.4 Å². The van der Waals surface area contributed by atoms with Gasteiger partial charge >= 0.3 is 11.9 Å². The fourth-order valence-electron chi connectivity index (χ4n) is 7.80. The lowest BCUT2D eigenvalue weighted by Crippen LogP contribution is -2.44. The Morgan fingerprint density at radius 1 is 0.425 bits per heavy atom. The standard InChI is InChI=1S/C64H109NO8/c1-6-8-10-12-14-16-18-20-22-24-25-26-27-28-29-30-31-32-33-34-35-36-37-39-41-43-45-47-49-51-53-55-62(67)73-60(59-72-64(63(68)69)70-57-56-65(3,4)5)58-71-61(66)54-52-50-48-46-44-42-40-38-23-21-19-17-15-13-11-9-7-2/h8,10,14,16,20-23,25-26,28-29,31-32,34-35,60,64H,6-7,9,11-13,15,17-19,24,27,30,33,36-59H2,1-5H3/b10-8-,16-14-,22-20-,23-21-,26-25-,29-28-,32-31-,35-34-. The largest absolute Gasteiger partial charge is 0.545 e. The Bertz CT molecular complexity index is 1520. The number of hydrogen-bond acceptors (Lipinski definition) is 8. The molecule has 0 aliphatic rings. The van der Waals surface area contributed by atoms with E-state index >= 15 is 0 Å². The fourth-order valence-corrected chi connectivity index (χ4v) is 7.80. The molecule has 0 spiro atoms. The lowest BCUT2D eigenvalue weighted by Gasteiger charge is -2.26. The number of ether oxygens (including phenoxy) is 4. The highest BCUT2D eigenvalue weighted by Gasteiger charge is 2.22. The van der Waals surface area contributed by atoms with Crippen LogP contribution in [0.4, 0.5) is 0 Å². The molecule has 0 bridgehead atoms. The number of carboxylic acid groups (broad SMARTS) is 1. The van der Waals surface area contributed by atoms with Gasteiger partial charge in [-0.25, -0.2) is 0 Å². The van der Waals surface area contributed by atoms with Crippen LogP contribution < -0.4 is 5.11 Å². The summed E-state index contributed by atoms with van der Waals surface area (Å²) in [7, 11) is 5.91. The first-order valence-electron chi connectivity index (χ1n) is 29.4. The van der Waals surface area contributed by atoms with Crippen molar-refractivity contribution in [2.45, 2.75) is 245 Å². The lowest BCUT2D eigenvalue weighted by atomic mass is 10.1. The molecule has 0 saturated heterocycles. The molecule has 0 N–H and O–H groups in total. The van der Waals surface area contributed by atoms with Gasteiger partial charge in [0.15, 0.2) is 12.4 Å². The normalized spacial score (nSPS) is 13.5. The molecule has 9 nitrogen and oxygen atoms in total. The first-order valence-corrected chi connectivity index (χ1v) is 29.4. The summed E-state index contributed by atoms with van der Waals surface area (Å²) in [5.74, 6) is -2.30. The summed E-state index contributed by atoms with van der Waals surface area (Å²) in [5, 5.41) is 11.8. The van der Waals surface area contributed by atoms with E-state index in [-0.39, 0.29) is 38.6 Å². The maximum absolute atomic E-state index is 12.9. The van der Waals surface area contributed by atoms with Crippen LogP contribution in [0.1, 0.15) is 232 Å². The molecular formula is C64H109NO8. The lowest BCUT2D eigenvalue weighted by molar-refractivity contribution is -0.870. The number of aliphatic carboxylic acids is 1. The summed E-state index contributed by atoms with van der Waals surface area (Å²) < 4.78 is 22.7. The van der Waals surface area contributed by atoms with Crippen molar-refractivity contribution in [2.24, 2.45) is 0 Å². The molecule has 0 heterocycles. The molecule has 0 aliphatic carbocycles. The molecule has 0 aromatic heterocycles. The first kappa shape index (κ1) is 69.2. The third-order valence-electron chi connectivity index (χ3n) is 12.3. The van der Waals surface area contributed by atoms with Gasteiger partial charge < -0.3 is 33.3 Å². The van der Waals surface area contributed by atoms with Crippen LogP contribution in [0.3, 0.4) is 0 Å². The third kappa shape index (κ3) is 55.8. The highest BCUT2D eigenvalue weighted by Crippen LogP contribution is 2.15. The average molecular weight is 1020 g/mol. The van der Waals surface area contributed by atoms with Crippen molar-refractivity contribution < 1.29 is 42.9 Å². The van der Waals surface area contributed by atoms with Gasteiger partial charge in [-0.2, -0.15) is 0 Å². The zero-order valence-electron chi connectivity index (χ0n) is 47.5. The van der Waals surface area contributed by atoms with Crippen molar-refractivity contribution in [2.75, 3.05) is 47.5 Å². The number of esters is 2. The number of quaternary nitrogens is 1. The van der Waals surface area contributed by atoms with E-state index in [2.05, 4.69) is 111 Å². The van der Waals surface area contributed by atoms with Crippen molar-refractivity contribution in [3.8, 4) is 0 Å². The van der Waals surface area contributed by atoms with Crippen LogP contribution in [0.25, 0.3) is 0 Å². The second-order valence-electron chi connectivity index (χ2n) is 20.5. The molecular weight excluding hydrogens is 911 g/mol. The van der Waals surface area contributed by atoms with Crippen LogP contribution >= 0.6 is 0 Å². The number of carbonyl (C=O) groups is 3. The van der Waals surface area contributed by atoms with Gasteiger partial charge in [0.2, 0.25) is 0 Å². The van der Waals surface area contributed by atoms with Gasteiger partial charge in [-0.15, -0.1) is 0 Å². The molecule has 2 atom stereocenters. The number of carbonyl (C=O) groups excluding carboxylic acids is 3. The number of rotatable bonds is 53.